The van der Waals surface area contributed by atoms with Gasteiger partial charge in [0.05, 0.1) is 12.5 Å². The first-order valence-electron chi connectivity index (χ1n) is 11.2. The molecule has 33 heavy (non-hydrogen) atoms. The summed E-state index contributed by atoms with van der Waals surface area (Å²) < 4.78 is 1.76. The summed E-state index contributed by atoms with van der Waals surface area (Å²) >= 11 is 0. The minimum Gasteiger partial charge on any atom is -0.335 e. The van der Waals surface area contributed by atoms with E-state index in [1.807, 2.05) is 55.6 Å². The molecular weight excluding hydrogens is 414 g/mol. The molecule has 0 unspecified atom stereocenters. The predicted molar refractivity (Wildman–Crippen MR) is 127 cm³/mol. The zero-order valence-electron chi connectivity index (χ0n) is 18.9. The summed E-state index contributed by atoms with van der Waals surface area (Å²) in [6.07, 6.45) is 9.30. The van der Waals surface area contributed by atoms with Gasteiger partial charge in [0.2, 0.25) is 11.8 Å². The molecule has 170 valence electrons. The number of carbonyl (C=O) groups excluding carboxylic acids is 2. The highest BCUT2D eigenvalue weighted by atomic mass is 16.2. The lowest BCUT2D eigenvalue weighted by Crippen LogP contribution is -2.60. The number of piperazine rings is 1. The van der Waals surface area contributed by atoms with E-state index in [-0.39, 0.29) is 17.7 Å². The van der Waals surface area contributed by atoms with Crippen molar-refractivity contribution >= 4 is 11.8 Å². The van der Waals surface area contributed by atoms with Gasteiger partial charge in [-0.25, -0.2) is 0 Å². The van der Waals surface area contributed by atoms with Gasteiger partial charge < -0.3 is 9.80 Å². The molecule has 0 bridgehead atoms. The van der Waals surface area contributed by atoms with Crippen LogP contribution in [0.5, 0.6) is 0 Å². The van der Waals surface area contributed by atoms with Crippen molar-refractivity contribution in [2.45, 2.75) is 25.9 Å². The molecular formula is C26H29N5O2. The van der Waals surface area contributed by atoms with E-state index in [1.54, 1.807) is 39.1 Å². The SMILES string of the molecule is C=CCN1CCN(C(=O)[C@@H](C)Cn2cccn2)[C@@H](Cc2ccc(-c3ccncc3)cc2)C1=O. The van der Waals surface area contributed by atoms with Crippen molar-refractivity contribution in [3.63, 3.8) is 0 Å². The third-order valence-electron chi connectivity index (χ3n) is 6.05. The fourth-order valence-electron chi connectivity index (χ4n) is 4.29. The Morgan fingerprint density at radius 3 is 2.52 bits per heavy atom. The number of amides is 2. The lowest BCUT2D eigenvalue weighted by atomic mass is 9.97. The third-order valence-corrected chi connectivity index (χ3v) is 6.05. The van der Waals surface area contributed by atoms with E-state index in [0.717, 1.165) is 16.7 Å². The Kier molecular flexibility index (Phi) is 6.98. The third kappa shape index (κ3) is 5.19. The molecule has 0 radical (unpaired) electrons. The Morgan fingerprint density at radius 1 is 1.12 bits per heavy atom. The summed E-state index contributed by atoms with van der Waals surface area (Å²) in [6, 6.07) is 13.4. The summed E-state index contributed by atoms with van der Waals surface area (Å²) in [7, 11) is 0. The lowest BCUT2D eigenvalue weighted by Gasteiger charge is -2.41. The van der Waals surface area contributed by atoms with Gasteiger partial charge in [0.15, 0.2) is 0 Å². The van der Waals surface area contributed by atoms with Crippen molar-refractivity contribution in [1.29, 1.82) is 0 Å². The van der Waals surface area contributed by atoms with Crippen molar-refractivity contribution in [3.8, 4) is 11.1 Å². The van der Waals surface area contributed by atoms with E-state index in [1.165, 1.54) is 0 Å². The van der Waals surface area contributed by atoms with Gasteiger partial charge >= 0.3 is 0 Å². The fourth-order valence-corrected chi connectivity index (χ4v) is 4.29. The van der Waals surface area contributed by atoms with Crippen LogP contribution in [0.4, 0.5) is 0 Å². The van der Waals surface area contributed by atoms with Crippen molar-refractivity contribution in [2.75, 3.05) is 19.6 Å². The molecule has 1 aliphatic rings. The maximum atomic E-state index is 13.4. The largest absolute Gasteiger partial charge is 0.335 e. The highest BCUT2D eigenvalue weighted by molar-refractivity contribution is 5.90. The number of pyridine rings is 1. The van der Waals surface area contributed by atoms with Gasteiger partial charge in [-0.15, -0.1) is 6.58 Å². The lowest BCUT2D eigenvalue weighted by molar-refractivity contribution is -0.153. The first-order valence-corrected chi connectivity index (χ1v) is 11.2. The number of rotatable bonds is 8. The molecule has 1 aromatic carbocycles. The molecule has 1 fully saturated rings. The summed E-state index contributed by atoms with van der Waals surface area (Å²) in [5.41, 5.74) is 3.20. The Balaban J connectivity index is 1.53. The van der Waals surface area contributed by atoms with Gasteiger partial charge in [0.1, 0.15) is 6.04 Å². The highest BCUT2D eigenvalue weighted by Gasteiger charge is 2.38. The number of nitrogens with zero attached hydrogens (tertiary/aromatic N) is 5. The molecule has 0 aliphatic carbocycles. The van der Waals surface area contributed by atoms with Crippen LogP contribution in [0.25, 0.3) is 11.1 Å². The molecule has 1 aliphatic heterocycles. The first-order chi connectivity index (χ1) is 16.1. The average molecular weight is 444 g/mol. The van der Waals surface area contributed by atoms with E-state index in [2.05, 4.69) is 16.7 Å². The molecule has 3 heterocycles. The Bertz CT molecular complexity index is 1080. The molecule has 3 aromatic rings. The summed E-state index contributed by atoms with van der Waals surface area (Å²) in [5, 5.41) is 4.21. The van der Waals surface area contributed by atoms with Crippen LogP contribution < -0.4 is 0 Å². The van der Waals surface area contributed by atoms with Crippen LogP contribution in [0, 0.1) is 5.92 Å². The Hall–Kier alpha value is -3.74. The summed E-state index contributed by atoms with van der Waals surface area (Å²) in [6.45, 7) is 7.67. The monoisotopic (exact) mass is 443 g/mol. The van der Waals surface area contributed by atoms with E-state index < -0.39 is 6.04 Å². The molecule has 7 heteroatoms. The zero-order chi connectivity index (χ0) is 23.2. The number of carbonyl (C=O) groups is 2. The second kappa shape index (κ2) is 10.3. The average Bonchev–Trinajstić information content (AvgIpc) is 3.35. The van der Waals surface area contributed by atoms with Gasteiger partial charge in [-0.3, -0.25) is 19.3 Å². The molecule has 2 atom stereocenters. The van der Waals surface area contributed by atoms with Crippen LogP contribution in [0.1, 0.15) is 12.5 Å². The maximum absolute atomic E-state index is 13.4. The molecule has 0 spiro atoms. The number of benzene rings is 1. The quantitative estimate of drug-likeness (QED) is 0.502. The minimum absolute atomic E-state index is 0.0180. The standard InChI is InChI=1S/C26H29N5O2/c1-3-14-29-16-17-31(25(32)20(2)19-30-15-4-11-28-30)24(26(29)33)18-21-5-7-22(8-6-21)23-9-12-27-13-10-23/h3-13,15,20,24H,1,14,16-19H2,2H3/t20-,24-/m0/s1. The molecule has 2 amide bonds. The van der Waals surface area contributed by atoms with E-state index in [0.29, 0.717) is 32.6 Å². The summed E-state index contributed by atoms with van der Waals surface area (Å²) in [4.78, 5) is 34.3. The maximum Gasteiger partial charge on any atom is 0.246 e. The van der Waals surface area contributed by atoms with Gasteiger partial charge in [-0.05, 0) is 34.9 Å². The number of hydrogen-bond donors (Lipinski definition) is 0. The summed E-state index contributed by atoms with van der Waals surface area (Å²) in [5.74, 6) is -0.324. The minimum atomic E-state index is -0.530. The van der Waals surface area contributed by atoms with E-state index >= 15 is 0 Å². The predicted octanol–water partition coefficient (Wildman–Crippen LogP) is 3.05. The van der Waals surface area contributed by atoms with Crippen molar-refractivity contribution < 1.29 is 9.59 Å². The fraction of sp³-hybridized carbons (Fsp3) is 0.308. The van der Waals surface area contributed by atoms with Gasteiger partial charge in [0.25, 0.3) is 0 Å². The number of hydrogen-bond acceptors (Lipinski definition) is 4. The number of aromatic nitrogens is 3. The van der Waals surface area contributed by atoms with Crippen LogP contribution in [0.15, 0.2) is 79.9 Å². The van der Waals surface area contributed by atoms with Crippen LogP contribution in [-0.2, 0) is 22.6 Å². The Labute approximate surface area is 194 Å². The van der Waals surface area contributed by atoms with Crippen LogP contribution in [-0.4, -0.2) is 62.1 Å². The topological polar surface area (TPSA) is 71.3 Å². The van der Waals surface area contributed by atoms with Crippen molar-refractivity contribution in [2.24, 2.45) is 5.92 Å². The first kappa shape index (κ1) is 22.5. The van der Waals surface area contributed by atoms with Crippen LogP contribution in [0.2, 0.25) is 0 Å². The van der Waals surface area contributed by atoms with Gasteiger partial charge in [-0.1, -0.05) is 37.3 Å². The Morgan fingerprint density at radius 2 is 1.85 bits per heavy atom. The molecule has 7 nitrogen and oxygen atoms in total. The normalized spacial score (nSPS) is 17.1. The molecule has 1 saturated heterocycles. The van der Waals surface area contributed by atoms with E-state index in [4.69, 9.17) is 0 Å². The van der Waals surface area contributed by atoms with Gasteiger partial charge in [-0.2, -0.15) is 5.10 Å². The zero-order valence-corrected chi connectivity index (χ0v) is 18.9. The second-order valence-electron chi connectivity index (χ2n) is 8.39. The van der Waals surface area contributed by atoms with Crippen molar-refractivity contribution in [1.82, 2.24) is 24.6 Å². The highest BCUT2D eigenvalue weighted by Crippen LogP contribution is 2.23. The molecule has 0 N–H and O–H groups in total. The van der Waals surface area contributed by atoms with Crippen LogP contribution in [0.3, 0.4) is 0 Å². The molecule has 4 rings (SSSR count). The van der Waals surface area contributed by atoms with Crippen LogP contribution >= 0.6 is 0 Å². The molecule has 2 aromatic heterocycles. The molecule has 0 saturated carbocycles. The van der Waals surface area contributed by atoms with Gasteiger partial charge in [0, 0.05) is 50.8 Å². The smallest absolute Gasteiger partial charge is 0.246 e. The second-order valence-corrected chi connectivity index (χ2v) is 8.39. The van der Waals surface area contributed by atoms with E-state index in [9.17, 15) is 9.59 Å². The van der Waals surface area contributed by atoms with Crippen molar-refractivity contribution in [3.05, 3.63) is 85.5 Å².